The van der Waals surface area contributed by atoms with E-state index in [-0.39, 0.29) is 16.6 Å². The summed E-state index contributed by atoms with van der Waals surface area (Å²) >= 11 is 1.41. The fourth-order valence-electron chi connectivity index (χ4n) is 4.69. The van der Waals surface area contributed by atoms with Crippen LogP contribution in [0.15, 0.2) is 65.3 Å². The second-order valence-electron chi connectivity index (χ2n) is 9.31. The van der Waals surface area contributed by atoms with E-state index in [1.165, 1.54) is 11.3 Å². The molecule has 1 saturated heterocycles. The number of hydrogen-bond acceptors (Lipinski definition) is 7. The summed E-state index contributed by atoms with van der Waals surface area (Å²) in [4.78, 5) is 19.2. The van der Waals surface area contributed by atoms with Gasteiger partial charge >= 0.3 is 0 Å². The highest BCUT2D eigenvalue weighted by Gasteiger charge is 2.34. The molecule has 188 valence electrons. The molecule has 1 aliphatic heterocycles. The number of aryl methyl sites for hydroxylation is 1. The maximum absolute atomic E-state index is 13.1. The number of amides is 1. The van der Waals surface area contributed by atoms with Crippen LogP contribution < -0.4 is 0 Å². The van der Waals surface area contributed by atoms with E-state index in [2.05, 4.69) is 10.1 Å². The molecule has 4 aromatic rings. The van der Waals surface area contributed by atoms with E-state index in [9.17, 15) is 18.3 Å². The highest BCUT2D eigenvalue weighted by atomic mass is 32.2. The van der Waals surface area contributed by atoms with E-state index in [4.69, 9.17) is 0 Å². The zero-order valence-corrected chi connectivity index (χ0v) is 21.6. The van der Waals surface area contributed by atoms with Crippen LogP contribution in [-0.4, -0.2) is 57.8 Å². The Balaban J connectivity index is 1.21. The summed E-state index contributed by atoms with van der Waals surface area (Å²) in [5, 5.41) is 15.3. The van der Waals surface area contributed by atoms with Crippen LogP contribution in [0.2, 0.25) is 0 Å². The summed E-state index contributed by atoms with van der Waals surface area (Å²) in [6, 6.07) is 11.9. The number of sulfone groups is 1. The van der Waals surface area contributed by atoms with Gasteiger partial charge in [-0.2, -0.15) is 5.10 Å². The lowest BCUT2D eigenvalue weighted by Gasteiger charge is -2.38. The molecule has 0 aliphatic carbocycles. The van der Waals surface area contributed by atoms with Crippen molar-refractivity contribution in [1.82, 2.24) is 19.7 Å². The molecule has 0 atom stereocenters. The maximum atomic E-state index is 13.1. The zero-order chi connectivity index (χ0) is 25.3. The van der Waals surface area contributed by atoms with E-state index >= 15 is 0 Å². The molecule has 2 aromatic carbocycles. The molecular formula is C26H28N4O4S2. The number of likely N-dealkylation sites (tertiary alicyclic amines) is 1. The van der Waals surface area contributed by atoms with Gasteiger partial charge < -0.3 is 10.0 Å². The molecule has 8 nitrogen and oxygen atoms in total. The Hall–Kier alpha value is -3.08. The molecule has 1 amide bonds. The smallest absolute Gasteiger partial charge is 0.253 e. The fraction of sp³-hybridized carbons (Fsp3) is 0.346. The van der Waals surface area contributed by atoms with E-state index < -0.39 is 15.4 Å². The Morgan fingerprint density at radius 2 is 1.86 bits per heavy atom. The predicted molar refractivity (Wildman–Crippen MR) is 139 cm³/mol. The Bertz CT molecular complexity index is 1480. The van der Waals surface area contributed by atoms with Crippen molar-refractivity contribution < 1.29 is 18.3 Å². The van der Waals surface area contributed by atoms with Gasteiger partial charge in [0.1, 0.15) is 0 Å². The number of hydrogen-bond donors (Lipinski definition) is 1. The second-order valence-corrected chi connectivity index (χ2v) is 12.2. The van der Waals surface area contributed by atoms with Gasteiger partial charge in [-0.1, -0.05) is 18.2 Å². The normalized spacial score (nSPS) is 15.9. The van der Waals surface area contributed by atoms with Crippen molar-refractivity contribution in [3.05, 3.63) is 77.1 Å². The van der Waals surface area contributed by atoms with Crippen molar-refractivity contribution in [3.8, 4) is 0 Å². The SMILES string of the molecule is CCn1cc(CC2(O)CCN(C(=O)c3ccc(CS(=O)(=O)c4cccc5scnc45)cc3)CC2)cn1. The molecule has 0 unspecified atom stereocenters. The predicted octanol–water partition coefficient (Wildman–Crippen LogP) is 3.70. The molecule has 0 spiro atoms. The van der Waals surface area contributed by atoms with Gasteiger partial charge in [-0.25, -0.2) is 13.4 Å². The molecule has 2 aromatic heterocycles. The standard InChI is InChI=1S/C26H28N4O4S2/c1-2-30-16-20(15-28-30)14-26(32)10-12-29(13-11-26)25(31)21-8-6-19(7-9-21)17-36(33,34)23-5-3-4-22-24(23)27-18-35-22/h3-9,15-16,18,32H,2,10-14,17H2,1H3. The van der Waals surface area contributed by atoms with Gasteiger partial charge in [0.05, 0.1) is 38.2 Å². The number of carbonyl (C=O) groups excluding carboxylic acids is 1. The molecule has 1 aliphatic rings. The monoisotopic (exact) mass is 524 g/mol. The lowest BCUT2D eigenvalue weighted by molar-refractivity contribution is -0.0162. The Morgan fingerprint density at radius 3 is 2.56 bits per heavy atom. The first-order valence-electron chi connectivity index (χ1n) is 11.9. The summed E-state index contributed by atoms with van der Waals surface area (Å²) in [6.45, 7) is 3.73. The first kappa shape index (κ1) is 24.6. The average Bonchev–Trinajstić information content (AvgIpc) is 3.53. The van der Waals surface area contributed by atoms with Gasteiger partial charge in [0.15, 0.2) is 9.84 Å². The fourth-order valence-corrected chi connectivity index (χ4v) is 6.99. The number of rotatable bonds is 7. The highest BCUT2D eigenvalue weighted by Crippen LogP contribution is 2.29. The van der Waals surface area contributed by atoms with Crippen LogP contribution in [-0.2, 0) is 28.6 Å². The van der Waals surface area contributed by atoms with Gasteiger partial charge in [0.25, 0.3) is 5.91 Å². The Kier molecular flexibility index (Phi) is 6.67. The van der Waals surface area contributed by atoms with E-state index in [0.29, 0.717) is 49.0 Å². The summed E-state index contributed by atoms with van der Waals surface area (Å²) in [5.41, 5.74) is 3.41. The van der Waals surface area contributed by atoms with Gasteiger partial charge in [-0.15, -0.1) is 11.3 Å². The van der Waals surface area contributed by atoms with Gasteiger partial charge in [0.2, 0.25) is 0 Å². The number of para-hydroxylation sites is 1. The lowest BCUT2D eigenvalue weighted by atomic mass is 9.86. The largest absolute Gasteiger partial charge is 0.389 e. The molecule has 10 heteroatoms. The lowest BCUT2D eigenvalue weighted by Crippen LogP contribution is -2.47. The molecule has 1 fully saturated rings. The third kappa shape index (κ3) is 5.07. The third-order valence-electron chi connectivity index (χ3n) is 6.74. The number of piperidine rings is 1. The molecule has 0 radical (unpaired) electrons. The van der Waals surface area contributed by atoms with Crippen molar-refractivity contribution >= 4 is 37.3 Å². The summed E-state index contributed by atoms with van der Waals surface area (Å²) in [6.07, 6.45) is 5.25. The number of nitrogens with zero attached hydrogens (tertiary/aromatic N) is 4. The van der Waals surface area contributed by atoms with Gasteiger partial charge in [-0.3, -0.25) is 9.48 Å². The van der Waals surface area contributed by atoms with E-state index in [1.54, 1.807) is 53.0 Å². The van der Waals surface area contributed by atoms with Crippen molar-refractivity contribution in [2.75, 3.05) is 13.1 Å². The number of aromatic nitrogens is 3. The van der Waals surface area contributed by atoms with Crippen molar-refractivity contribution in [2.45, 2.75) is 49.0 Å². The van der Waals surface area contributed by atoms with Gasteiger partial charge in [0, 0.05) is 37.8 Å². The van der Waals surface area contributed by atoms with Crippen LogP contribution in [0.5, 0.6) is 0 Å². The average molecular weight is 525 g/mol. The van der Waals surface area contributed by atoms with Crippen LogP contribution in [0, 0.1) is 0 Å². The molecule has 3 heterocycles. The number of carbonyl (C=O) groups is 1. The summed E-state index contributed by atoms with van der Waals surface area (Å²) < 4.78 is 28.8. The maximum Gasteiger partial charge on any atom is 0.253 e. The number of thiazole rings is 1. The first-order valence-corrected chi connectivity index (χ1v) is 14.5. The Morgan fingerprint density at radius 1 is 1.11 bits per heavy atom. The second kappa shape index (κ2) is 9.76. The van der Waals surface area contributed by atoms with E-state index in [1.807, 2.05) is 23.9 Å². The molecular weight excluding hydrogens is 496 g/mol. The van der Waals surface area contributed by atoms with Crippen molar-refractivity contribution in [2.24, 2.45) is 0 Å². The summed E-state index contributed by atoms with van der Waals surface area (Å²) in [7, 11) is -3.59. The van der Waals surface area contributed by atoms with Crippen LogP contribution in [0.1, 0.15) is 41.3 Å². The van der Waals surface area contributed by atoms with E-state index in [0.717, 1.165) is 16.8 Å². The number of fused-ring (bicyclic) bond motifs is 1. The van der Waals surface area contributed by atoms with Gasteiger partial charge in [-0.05, 0) is 55.2 Å². The molecule has 36 heavy (non-hydrogen) atoms. The minimum Gasteiger partial charge on any atom is -0.389 e. The molecule has 0 bridgehead atoms. The quantitative estimate of drug-likeness (QED) is 0.395. The van der Waals surface area contributed by atoms with Crippen LogP contribution in [0.3, 0.4) is 0 Å². The molecule has 1 N–H and O–H groups in total. The Labute approximate surface area is 214 Å². The first-order chi connectivity index (χ1) is 17.3. The minimum absolute atomic E-state index is 0.113. The van der Waals surface area contributed by atoms with Crippen LogP contribution in [0.25, 0.3) is 10.2 Å². The van der Waals surface area contributed by atoms with Crippen molar-refractivity contribution in [3.63, 3.8) is 0 Å². The van der Waals surface area contributed by atoms with Crippen LogP contribution >= 0.6 is 11.3 Å². The summed E-state index contributed by atoms with van der Waals surface area (Å²) in [5.74, 6) is -0.277. The third-order valence-corrected chi connectivity index (χ3v) is 9.25. The number of benzene rings is 2. The number of aliphatic hydroxyl groups is 1. The van der Waals surface area contributed by atoms with Crippen LogP contribution in [0.4, 0.5) is 0 Å². The zero-order valence-electron chi connectivity index (χ0n) is 20.0. The molecule has 5 rings (SSSR count). The highest BCUT2D eigenvalue weighted by molar-refractivity contribution is 7.90. The minimum atomic E-state index is -3.59. The molecule has 0 saturated carbocycles. The topological polar surface area (TPSA) is 105 Å². The van der Waals surface area contributed by atoms with Crippen molar-refractivity contribution in [1.29, 1.82) is 0 Å².